The first kappa shape index (κ1) is 18.7. The van der Waals surface area contributed by atoms with Crippen LogP contribution in [0.3, 0.4) is 0 Å². The van der Waals surface area contributed by atoms with Gasteiger partial charge in [-0.15, -0.1) is 6.42 Å². The summed E-state index contributed by atoms with van der Waals surface area (Å²) < 4.78 is 5.36. The summed E-state index contributed by atoms with van der Waals surface area (Å²) >= 11 is 0. The summed E-state index contributed by atoms with van der Waals surface area (Å²) in [5.74, 6) is 2.56. The average molecular weight is 343 g/mol. The standard InChI is InChI=1S/C19H25N3O3/c1-5-15-7-6-8-16(13-15)20-14-17(23)21-9-11-22(12-10-21)18(24)25-19(2,3)4/h1,6-8,13,20H,9-12,14H2,2-4H3. The van der Waals surface area contributed by atoms with E-state index in [1.54, 1.807) is 9.80 Å². The van der Waals surface area contributed by atoms with Gasteiger partial charge in [0.25, 0.3) is 0 Å². The van der Waals surface area contributed by atoms with Crippen molar-refractivity contribution in [2.75, 3.05) is 38.0 Å². The molecule has 134 valence electrons. The monoisotopic (exact) mass is 343 g/mol. The summed E-state index contributed by atoms with van der Waals surface area (Å²) in [5, 5.41) is 3.09. The van der Waals surface area contributed by atoms with E-state index in [-0.39, 0.29) is 18.5 Å². The van der Waals surface area contributed by atoms with Gasteiger partial charge in [-0.1, -0.05) is 12.0 Å². The molecule has 25 heavy (non-hydrogen) atoms. The maximum Gasteiger partial charge on any atom is 0.410 e. The molecular formula is C19H25N3O3. The Kier molecular flexibility index (Phi) is 5.92. The van der Waals surface area contributed by atoms with Gasteiger partial charge < -0.3 is 19.9 Å². The van der Waals surface area contributed by atoms with Crippen LogP contribution in [0.4, 0.5) is 10.5 Å². The highest BCUT2D eigenvalue weighted by molar-refractivity contribution is 5.81. The predicted molar refractivity (Wildman–Crippen MR) is 97.3 cm³/mol. The molecule has 2 amide bonds. The number of amides is 2. The largest absolute Gasteiger partial charge is 0.444 e. The third kappa shape index (κ3) is 5.71. The number of carbonyl (C=O) groups excluding carboxylic acids is 2. The van der Waals surface area contributed by atoms with E-state index in [4.69, 9.17) is 11.2 Å². The molecule has 0 aliphatic carbocycles. The molecule has 2 rings (SSSR count). The first-order valence-corrected chi connectivity index (χ1v) is 8.35. The number of nitrogens with one attached hydrogen (secondary N) is 1. The lowest BCUT2D eigenvalue weighted by atomic mass is 10.2. The molecule has 1 saturated heterocycles. The number of benzene rings is 1. The van der Waals surface area contributed by atoms with E-state index in [0.717, 1.165) is 11.3 Å². The van der Waals surface area contributed by atoms with E-state index in [9.17, 15) is 9.59 Å². The van der Waals surface area contributed by atoms with Gasteiger partial charge in [-0.2, -0.15) is 0 Å². The maximum atomic E-state index is 12.3. The highest BCUT2D eigenvalue weighted by atomic mass is 16.6. The van der Waals surface area contributed by atoms with Crippen molar-refractivity contribution < 1.29 is 14.3 Å². The van der Waals surface area contributed by atoms with Crippen LogP contribution < -0.4 is 5.32 Å². The Morgan fingerprint density at radius 1 is 1.20 bits per heavy atom. The van der Waals surface area contributed by atoms with Gasteiger partial charge in [0.15, 0.2) is 0 Å². The van der Waals surface area contributed by atoms with Crippen molar-refractivity contribution >= 4 is 17.7 Å². The number of hydrogen-bond donors (Lipinski definition) is 1. The molecule has 6 nitrogen and oxygen atoms in total. The Morgan fingerprint density at radius 3 is 2.44 bits per heavy atom. The molecule has 0 radical (unpaired) electrons. The van der Waals surface area contributed by atoms with Gasteiger partial charge >= 0.3 is 6.09 Å². The van der Waals surface area contributed by atoms with Crippen molar-refractivity contribution in [1.29, 1.82) is 0 Å². The number of terminal acetylenes is 1. The average Bonchev–Trinajstić information content (AvgIpc) is 2.58. The van der Waals surface area contributed by atoms with Gasteiger partial charge in [0.2, 0.25) is 5.91 Å². The van der Waals surface area contributed by atoms with Crippen LogP contribution in [0.25, 0.3) is 0 Å². The molecule has 0 aromatic heterocycles. The molecule has 1 aliphatic heterocycles. The van der Waals surface area contributed by atoms with E-state index in [1.807, 2.05) is 45.0 Å². The number of piperazine rings is 1. The summed E-state index contributed by atoms with van der Waals surface area (Å²) in [5.41, 5.74) is 1.07. The van der Waals surface area contributed by atoms with Gasteiger partial charge in [-0.05, 0) is 39.0 Å². The van der Waals surface area contributed by atoms with Crippen LogP contribution in [-0.2, 0) is 9.53 Å². The van der Waals surface area contributed by atoms with E-state index >= 15 is 0 Å². The van der Waals surface area contributed by atoms with Crippen molar-refractivity contribution in [1.82, 2.24) is 9.80 Å². The lowest BCUT2D eigenvalue weighted by Crippen LogP contribution is -2.52. The highest BCUT2D eigenvalue weighted by Gasteiger charge is 2.27. The normalized spacial score (nSPS) is 14.6. The number of carbonyl (C=O) groups is 2. The smallest absolute Gasteiger partial charge is 0.410 e. The Bertz CT molecular complexity index is 665. The molecule has 0 spiro atoms. The Hall–Kier alpha value is -2.68. The van der Waals surface area contributed by atoms with E-state index in [2.05, 4.69) is 11.2 Å². The zero-order chi connectivity index (χ0) is 18.4. The molecular weight excluding hydrogens is 318 g/mol. The second kappa shape index (κ2) is 7.93. The van der Waals surface area contributed by atoms with Gasteiger partial charge in [0, 0.05) is 37.4 Å². The Morgan fingerprint density at radius 2 is 1.84 bits per heavy atom. The number of ether oxygens (including phenoxy) is 1. The van der Waals surface area contributed by atoms with Crippen molar-refractivity contribution in [3.05, 3.63) is 29.8 Å². The topological polar surface area (TPSA) is 61.9 Å². The Labute approximate surface area is 149 Å². The fraction of sp³-hybridized carbons (Fsp3) is 0.474. The zero-order valence-electron chi connectivity index (χ0n) is 15.0. The quantitative estimate of drug-likeness (QED) is 0.855. The summed E-state index contributed by atoms with van der Waals surface area (Å²) in [7, 11) is 0. The third-order valence-corrected chi connectivity index (χ3v) is 3.76. The van der Waals surface area contributed by atoms with Crippen molar-refractivity contribution in [2.24, 2.45) is 0 Å². The molecule has 1 aromatic rings. The second-order valence-electron chi connectivity index (χ2n) is 6.93. The molecule has 0 unspecified atom stereocenters. The molecule has 1 aromatic carbocycles. The summed E-state index contributed by atoms with van der Waals surface area (Å²) in [6, 6.07) is 7.38. The van der Waals surface area contributed by atoms with Crippen molar-refractivity contribution in [3.8, 4) is 12.3 Å². The van der Waals surface area contributed by atoms with Gasteiger partial charge in [-0.3, -0.25) is 4.79 Å². The van der Waals surface area contributed by atoms with Crippen LogP contribution in [0, 0.1) is 12.3 Å². The minimum atomic E-state index is -0.513. The van der Waals surface area contributed by atoms with Crippen LogP contribution in [0.1, 0.15) is 26.3 Å². The number of anilines is 1. The third-order valence-electron chi connectivity index (χ3n) is 3.76. The van der Waals surface area contributed by atoms with E-state index in [0.29, 0.717) is 26.2 Å². The van der Waals surface area contributed by atoms with E-state index in [1.165, 1.54) is 0 Å². The maximum absolute atomic E-state index is 12.3. The lowest BCUT2D eigenvalue weighted by molar-refractivity contribution is -0.131. The number of nitrogens with zero attached hydrogens (tertiary/aromatic N) is 2. The number of hydrogen-bond acceptors (Lipinski definition) is 4. The van der Waals surface area contributed by atoms with Crippen LogP contribution in [0.2, 0.25) is 0 Å². The first-order chi connectivity index (χ1) is 11.8. The fourth-order valence-electron chi connectivity index (χ4n) is 2.47. The van der Waals surface area contributed by atoms with Gasteiger partial charge in [0.1, 0.15) is 5.60 Å². The van der Waals surface area contributed by atoms with Crippen LogP contribution in [0.15, 0.2) is 24.3 Å². The van der Waals surface area contributed by atoms with Gasteiger partial charge in [0.05, 0.1) is 6.54 Å². The first-order valence-electron chi connectivity index (χ1n) is 8.35. The van der Waals surface area contributed by atoms with Crippen molar-refractivity contribution in [2.45, 2.75) is 26.4 Å². The molecule has 1 heterocycles. The fourth-order valence-corrected chi connectivity index (χ4v) is 2.47. The number of rotatable bonds is 3. The molecule has 0 bridgehead atoms. The van der Waals surface area contributed by atoms with Crippen LogP contribution >= 0.6 is 0 Å². The van der Waals surface area contributed by atoms with Crippen LogP contribution in [0.5, 0.6) is 0 Å². The lowest BCUT2D eigenvalue weighted by Gasteiger charge is -2.35. The minimum Gasteiger partial charge on any atom is -0.444 e. The van der Waals surface area contributed by atoms with E-state index < -0.39 is 5.60 Å². The minimum absolute atomic E-state index is 0.00468. The molecule has 1 aliphatic rings. The summed E-state index contributed by atoms with van der Waals surface area (Å²) in [6.45, 7) is 7.68. The van der Waals surface area contributed by atoms with Gasteiger partial charge in [-0.25, -0.2) is 4.79 Å². The Balaban J connectivity index is 1.79. The highest BCUT2D eigenvalue weighted by Crippen LogP contribution is 2.13. The second-order valence-corrected chi connectivity index (χ2v) is 6.93. The molecule has 0 saturated carbocycles. The zero-order valence-corrected chi connectivity index (χ0v) is 15.0. The SMILES string of the molecule is C#Cc1cccc(NCC(=O)N2CCN(C(=O)OC(C)(C)C)CC2)c1. The van der Waals surface area contributed by atoms with Crippen molar-refractivity contribution in [3.63, 3.8) is 0 Å². The molecule has 6 heteroatoms. The molecule has 1 fully saturated rings. The molecule has 0 atom stereocenters. The summed E-state index contributed by atoms with van der Waals surface area (Å²) in [6.07, 6.45) is 5.04. The summed E-state index contributed by atoms with van der Waals surface area (Å²) in [4.78, 5) is 27.7. The van der Waals surface area contributed by atoms with Crippen LogP contribution in [-0.4, -0.2) is 60.1 Å². The molecule has 1 N–H and O–H groups in total. The predicted octanol–water partition coefficient (Wildman–Crippen LogP) is 2.16.